The van der Waals surface area contributed by atoms with E-state index >= 15 is 0 Å². The van der Waals surface area contributed by atoms with Gasteiger partial charge in [-0.25, -0.2) is 0 Å². The van der Waals surface area contributed by atoms with Crippen LogP contribution in [0, 0.1) is 5.92 Å². The third-order valence-electron chi connectivity index (χ3n) is 3.60. The van der Waals surface area contributed by atoms with Gasteiger partial charge in [-0.1, -0.05) is 12.1 Å². The van der Waals surface area contributed by atoms with Gasteiger partial charge in [-0.3, -0.25) is 4.79 Å². The van der Waals surface area contributed by atoms with Crippen LogP contribution in [0.5, 0.6) is 5.75 Å². The molecule has 20 heavy (non-hydrogen) atoms. The second-order valence-corrected chi connectivity index (χ2v) is 5.72. The summed E-state index contributed by atoms with van der Waals surface area (Å²) in [4.78, 5) is 14.2. The van der Waals surface area contributed by atoms with Crippen molar-refractivity contribution < 1.29 is 9.53 Å². The van der Waals surface area contributed by atoms with E-state index < -0.39 is 0 Å². The molecule has 0 radical (unpaired) electrons. The number of nitrogens with zero attached hydrogens (tertiary/aromatic N) is 1. The molecule has 2 N–H and O–H groups in total. The van der Waals surface area contributed by atoms with E-state index in [0.29, 0.717) is 18.9 Å². The van der Waals surface area contributed by atoms with E-state index in [1.165, 1.54) is 0 Å². The molecular formula is C16H24N2O2. The molecule has 4 heteroatoms. The molecule has 110 valence electrons. The largest absolute Gasteiger partial charge is 0.491 e. The van der Waals surface area contributed by atoms with Crippen LogP contribution in [0.3, 0.4) is 0 Å². The maximum Gasteiger partial charge on any atom is 0.227 e. The maximum atomic E-state index is 12.3. The lowest BCUT2D eigenvalue weighted by Gasteiger charge is -2.17. The predicted molar refractivity (Wildman–Crippen MR) is 79.7 cm³/mol. The summed E-state index contributed by atoms with van der Waals surface area (Å²) in [6, 6.07) is 7.79. The number of amides is 1. The van der Waals surface area contributed by atoms with Crippen LogP contribution in [0.2, 0.25) is 0 Å². The topological polar surface area (TPSA) is 55.6 Å². The molecular weight excluding hydrogens is 252 g/mol. The van der Waals surface area contributed by atoms with E-state index in [9.17, 15) is 4.79 Å². The van der Waals surface area contributed by atoms with E-state index in [1.54, 1.807) is 0 Å². The van der Waals surface area contributed by atoms with Crippen LogP contribution in [0.15, 0.2) is 24.3 Å². The fraction of sp³-hybridized carbons (Fsp3) is 0.562. The van der Waals surface area contributed by atoms with Crippen LogP contribution in [0.4, 0.5) is 0 Å². The molecule has 2 rings (SSSR count). The highest BCUT2D eigenvalue weighted by molar-refractivity contribution is 5.79. The summed E-state index contributed by atoms with van der Waals surface area (Å²) in [5, 5.41) is 0. The molecule has 1 aliphatic heterocycles. The Balaban J connectivity index is 1.94. The fourth-order valence-corrected chi connectivity index (χ4v) is 2.54. The molecule has 1 saturated heterocycles. The number of rotatable bonds is 5. The normalized spacial score (nSPS) is 18.6. The van der Waals surface area contributed by atoms with Gasteiger partial charge in [0.2, 0.25) is 5.91 Å². The zero-order valence-corrected chi connectivity index (χ0v) is 12.3. The summed E-state index contributed by atoms with van der Waals surface area (Å²) < 4.78 is 5.65. The molecule has 1 unspecified atom stereocenters. The number of hydrogen-bond acceptors (Lipinski definition) is 3. The van der Waals surface area contributed by atoms with Gasteiger partial charge in [0.05, 0.1) is 12.5 Å². The molecule has 0 aromatic heterocycles. The number of benzene rings is 1. The highest BCUT2D eigenvalue weighted by Crippen LogP contribution is 2.19. The van der Waals surface area contributed by atoms with Gasteiger partial charge in [0.1, 0.15) is 5.75 Å². The van der Waals surface area contributed by atoms with E-state index in [-0.39, 0.29) is 12.0 Å². The number of likely N-dealkylation sites (tertiary alicyclic amines) is 1. The van der Waals surface area contributed by atoms with Crippen molar-refractivity contribution in [3.63, 3.8) is 0 Å². The Kier molecular flexibility index (Phi) is 5.01. The SMILES string of the molecule is CC(C)Oc1cccc(CC(=O)N2CCC(CN)C2)c1. The van der Waals surface area contributed by atoms with Gasteiger partial charge in [0.15, 0.2) is 0 Å². The molecule has 4 nitrogen and oxygen atoms in total. The van der Waals surface area contributed by atoms with E-state index in [0.717, 1.165) is 30.8 Å². The lowest BCUT2D eigenvalue weighted by Crippen LogP contribution is -2.31. The number of carbonyl (C=O) groups is 1. The quantitative estimate of drug-likeness (QED) is 0.892. The third kappa shape index (κ3) is 3.97. The molecule has 1 aliphatic rings. The van der Waals surface area contributed by atoms with Crippen LogP contribution in [0.1, 0.15) is 25.8 Å². The standard InChI is InChI=1S/C16H24N2O2/c1-12(2)20-15-5-3-4-13(8-15)9-16(19)18-7-6-14(10-17)11-18/h3-5,8,12,14H,6-7,9-11,17H2,1-2H3. The summed E-state index contributed by atoms with van der Waals surface area (Å²) in [5.41, 5.74) is 6.66. The van der Waals surface area contributed by atoms with Crippen molar-refractivity contribution in [3.8, 4) is 5.75 Å². The van der Waals surface area contributed by atoms with Crippen molar-refractivity contribution in [3.05, 3.63) is 29.8 Å². The monoisotopic (exact) mass is 276 g/mol. The first-order valence-electron chi connectivity index (χ1n) is 7.32. The summed E-state index contributed by atoms with van der Waals surface area (Å²) in [6.07, 6.45) is 1.61. The van der Waals surface area contributed by atoms with Crippen molar-refractivity contribution in [2.24, 2.45) is 11.7 Å². The second-order valence-electron chi connectivity index (χ2n) is 5.72. The average molecular weight is 276 g/mol. The molecule has 1 fully saturated rings. The number of ether oxygens (including phenoxy) is 1. The zero-order chi connectivity index (χ0) is 14.5. The molecule has 1 atom stereocenters. The molecule has 0 aliphatic carbocycles. The summed E-state index contributed by atoms with van der Waals surface area (Å²) in [7, 11) is 0. The zero-order valence-electron chi connectivity index (χ0n) is 12.3. The van der Waals surface area contributed by atoms with Crippen LogP contribution in [-0.2, 0) is 11.2 Å². The van der Waals surface area contributed by atoms with Gasteiger partial charge in [0, 0.05) is 13.1 Å². The van der Waals surface area contributed by atoms with Gasteiger partial charge >= 0.3 is 0 Å². The van der Waals surface area contributed by atoms with Gasteiger partial charge < -0.3 is 15.4 Å². The van der Waals surface area contributed by atoms with E-state index in [4.69, 9.17) is 10.5 Å². The summed E-state index contributed by atoms with van der Waals surface area (Å²) in [6.45, 7) is 6.30. The van der Waals surface area contributed by atoms with E-state index in [2.05, 4.69) is 0 Å². The van der Waals surface area contributed by atoms with Crippen molar-refractivity contribution in [2.45, 2.75) is 32.8 Å². The highest BCUT2D eigenvalue weighted by atomic mass is 16.5. The molecule has 1 aromatic rings. The van der Waals surface area contributed by atoms with Crippen molar-refractivity contribution >= 4 is 5.91 Å². The Labute approximate surface area is 120 Å². The number of nitrogens with two attached hydrogens (primary N) is 1. The summed E-state index contributed by atoms with van der Waals surface area (Å²) >= 11 is 0. The van der Waals surface area contributed by atoms with Gasteiger partial charge in [-0.15, -0.1) is 0 Å². The third-order valence-corrected chi connectivity index (χ3v) is 3.60. The first-order valence-corrected chi connectivity index (χ1v) is 7.32. The minimum absolute atomic E-state index is 0.143. The van der Waals surface area contributed by atoms with Gasteiger partial charge in [-0.2, -0.15) is 0 Å². The Bertz CT molecular complexity index is 460. The molecule has 1 aromatic carbocycles. The number of hydrogen-bond donors (Lipinski definition) is 1. The predicted octanol–water partition coefficient (Wildman–Crippen LogP) is 1.82. The molecule has 0 spiro atoms. The Morgan fingerprint density at radius 3 is 2.95 bits per heavy atom. The van der Waals surface area contributed by atoms with Crippen LogP contribution in [0.25, 0.3) is 0 Å². The van der Waals surface area contributed by atoms with E-state index in [1.807, 2.05) is 43.0 Å². The molecule has 1 amide bonds. The number of carbonyl (C=O) groups excluding carboxylic acids is 1. The Hall–Kier alpha value is -1.55. The maximum absolute atomic E-state index is 12.3. The lowest BCUT2D eigenvalue weighted by molar-refractivity contribution is -0.129. The van der Waals surface area contributed by atoms with Crippen molar-refractivity contribution in [1.82, 2.24) is 4.90 Å². The highest BCUT2D eigenvalue weighted by Gasteiger charge is 2.25. The minimum atomic E-state index is 0.143. The van der Waals surface area contributed by atoms with Crippen molar-refractivity contribution in [2.75, 3.05) is 19.6 Å². The van der Waals surface area contributed by atoms with Crippen LogP contribution in [-0.4, -0.2) is 36.5 Å². The first kappa shape index (κ1) is 14.9. The van der Waals surface area contributed by atoms with Crippen molar-refractivity contribution in [1.29, 1.82) is 0 Å². The van der Waals surface area contributed by atoms with Crippen LogP contribution < -0.4 is 10.5 Å². The fourth-order valence-electron chi connectivity index (χ4n) is 2.54. The molecule has 1 heterocycles. The molecule has 0 saturated carbocycles. The Morgan fingerprint density at radius 2 is 2.30 bits per heavy atom. The summed E-state index contributed by atoms with van der Waals surface area (Å²) in [5.74, 6) is 1.48. The minimum Gasteiger partial charge on any atom is -0.491 e. The van der Waals surface area contributed by atoms with Gasteiger partial charge in [0.25, 0.3) is 0 Å². The second kappa shape index (κ2) is 6.75. The molecule has 0 bridgehead atoms. The lowest BCUT2D eigenvalue weighted by atomic mass is 10.1. The average Bonchev–Trinajstić information content (AvgIpc) is 2.87. The van der Waals surface area contributed by atoms with Crippen LogP contribution >= 0.6 is 0 Å². The smallest absolute Gasteiger partial charge is 0.227 e. The first-order chi connectivity index (χ1) is 9.58. The van der Waals surface area contributed by atoms with Gasteiger partial charge in [-0.05, 0) is 50.4 Å². The Morgan fingerprint density at radius 1 is 1.50 bits per heavy atom.